The Labute approximate surface area is 149 Å². The molecule has 4 aromatic rings. The van der Waals surface area contributed by atoms with Gasteiger partial charge in [0.25, 0.3) is 0 Å². The number of para-hydroxylation sites is 4. The van der Waals surface area contributed by atoms with Crippen molar-refractivity contribution in [1.82, 2.24) is 9.97 Å². The highest BCUT2D eigenvalue weighted by atomic mass is 16.5. The number of fused-ring (bicyclic) bond motifs is 3. The molecule has 0 saturated heterocycles. The molecule has 5 rings (SSSR count). The molecule has 0 fully saturated rings. The molecule has 2 N–H and O–H groups in total. The molecule has 1 aliphatic heterocycles. The van der Waals surface area contributed by atoms with Crippen molar-refractivity contribution in [2.24, 2.45) is 0 Å². The van der Waals surface area contributed by atoms with Gasteiger partial charge in [0, 0.05) is 11.1 Å². The summed E-state index contributed by atoms with van der Waals surface area (Å²) in [4.78, 5) is 20.7. The van der Waals surface area contributed by atoms with Crippen molar-refractivity contribution in [3.8, 4) is 11.5 Å². The van der Waals surface area contributed by atoms with Crippen LogP contribution in [-0.2, 0) is 4.79 Å². The number of rotatable bonds is 2. The number of aromatic amines is 1. The van der Waals surface area contributed by atoms with Crippen molar-refractivity contribution >= 4 is 22.9 Å². The van der Waals surface area contributed by atoms with Gasteiger partial charge in [-0.05, 0) is 24.3 Å². The van der Waals surface area contributed by atoms with Gasteiger partial charge >= 0.3 is 0 Å². The van der Waals surface area contributed by atoms with Gasteiger partial charge in [-0.1, -0.05) is 48.5 Å². The zero-order valence-electron chi connectivity index (χ0n) is 13.8. The standard InChI is InChI=1S/C21H15N3O2/c25-20(24-21-22-15-9-3-4-10-16(15)23-21)19-13-7-1-5-11-17(13)26-18-12-6-2-8-14(18)19/h1-12,19H,(H2,22,23,24,25). The number of nitrogens with zero attached hydrogens (tertiary/aromatic N) is 1. The molecule has 5 nitrogen and oxygen atoms in total. The van der Waals surface area contributed by atoms with Crippen LogP contribution in [-0.4, -0.2) is 15.9 Å². The maximum Gasteiger partial charge on any atom is 0.238 e. The van der Waals surface area contributed by atoms with E-state index in [0.29, 0.717) is 17.4 Å². The Kier molecular flexibility index (Phi) is 3.25. The number of hydrogen-bond donors (Lipinski definition) is 2. The van der Waals surface area contributed by atoms with Gasteiger partial charge in [0.05, 0.1) is 17.0 Å². The van der Waals surface area contributed by atoms with Crippen LogP contribution in [0.3, 0.4) is 0 Å². The minimum absolute atomic E-state index is 0.146. The van der Waals surface area contributed by atoms with Crippen molar-refractivity contribution in [3.63, 3.8) is 0 Å². The largest absolute Gasteiger partial charge is 0.457 e. The maximum atomic E-state index is 13.1. The van der Waals surface area contributed by atoms with Crippen LogP contribution in [0.2, 0.25) is 0 Å². The molecule has 5 heteroatoms. The Bertz CT molecular complexity index is 1050. The monoisotopic (exact) mass is 341 g/mol. The third-order valence-electron chi connectivity index (χ3n) is 4.57. The average Bonchev–Trinajstić information content (AvgIpc) is 3.08. The molecular weight excluding hydrogens is 326 g/mol. The summed E-state index contributed by atoms with van der Waals surface area (Å²) >= 11 is 0. The molecule has 0 atom stereocenters. The number of hydrogen-bond acceptors (Lipinski definition) is 3. The number of H-pyrrole nitrogens is 1. The molecule has 126 valence electrons. The summed E-state index contributed by atoms with van der Waals surface area (Å²) in [6, 6.07) is 22.9. The first-order chi connectivity index (χ1) is 12.8. The molecule has 0 bridgehead atoms. The van der Waals surface area contributed by atoms with Crippen molar-refractivity contribution in [1.29, 1.82) is 0 Å². The van der Waals surface area contributed by atoms with Crippen molar-refractivity contribution in [2.75, 3.05) is 5.32 Å². The smallest absolute Gasteiger partial charge is 0.238 e. The van der Waals surface area contributed by atoms with Gasteiger partial charge in [-0.2, -0.15) is 0 Å². The van der Waals surface area contributed by atoms with Crippen LogP contribution in [0.1, 0.15) is 17.0 Å². The summed E-state index contributed by atoms with van der Waals surface area (Å²) in [6.07, 6.45) is 0. The Morgan fingerprint density at radius 1 is 0.885 bits per heavy atom. The summed E-state index contributed by atoms with van der Waals surface area (Å²) in [5.41, 5.74) is 3.39. The van der Waals surface area contributed by atoms with Crippen LogP contribution in [0.25, 0.3) is 11.0 Å². The van der Waals surface area contributed by atoms with E-state index in [1.807, 2.05) is 72.8 Å². The molecule has 0 spiro atoms. The zero-order chi connectivity index (χ0) is 17.5. The molecule has 1 aromatic heterocycles. The van der Waals surface area contributed by atoms with E-state index in [9.17, 15) is 4.79 Å². The number of nitrogens with one attached hydrogen (secondary N) is 2. The van der Waals surface area contributed by atoms with Crippen molar-refractivity contribution < 1.29 is 9.53 Å². The van der Waals surface area contributed by atoms with Crippen LogP contribution in [0.4, 0.5) is 5.95 Å². The SMILES string of the molecule is O=C(Nc1nc2ccccc2[nH]1)C1c2ccccc2Oc2ccccc21. The number of imidazole rings is 1. The summed E-state index contributed by atoms with van der Waals surface area (Å²) in [6.45, 7) is 0. The fourth-order valence-electron chi connectivity index (χ4n) is 3.39. The first kappa shape index (κ1) is 14.7. The summed E-state index contributed by atoms with van der Waals surface area (Å²) in [5.74, 6) is 1.25. The van der Waals surface area contributed by atoms with E-state index in [1.165, 1.54) is 0 Å². The van der Waals surface area contributed by atoms with Gasteiger partial charge in [-0.15, -0.1) is 0 Å². The molecule has 0 saturated carbocycles. The second-order valence-electron chi connectivity index (χ2n) is 6.20. The van der Waals surface area contributed by atoms with E-state index in [2.05, 4.69) is 15.3 Å². The van der Waals surface area contributed by atoms with Crippen LogP contribution in [0.5, 0.6) is 11.5 Å². The number of carbonyl (C=O) groups is 1. The lowest BCUT2D eigenvalue weighted by Crippen LogP contribution is -2.25. The minimum atomic E-state index is -0.454. The van der Waals surface area contributed by atoms with Crippen molar-refractivity contribution in [2.45, 2.75) is 5.92 Å². The number of carbonyl (C=O) groups excluding carboxylic acids is 1. The van der Waals surface area contributed by atoms with E-state index in [1.54, 1.807) is 0 Å². The van der Waals surface area contributed by atoms with Crippen LogP contribution in [0, 0.1) is 0 Å². The molecule has 0 aliphatic carbocycles. The van der Waals surface area contributed by atoms with Gasteiger partial charge in [0.1, 0.15) is 11.5 Å². The second kappa shape index (κ2) is 5.74. The van der Waals surface area contributed by atoms with E-state index >= 15 is 0 Å². The molecule has 3 aromatic carbocycles. The number of ether oxygens (including phenoxy) is 1. The number of aromatic nitrogens is 2. The molecule has 1 aliphatic rings. The quantitative estimate of drug-likeness (QED) is 0.566. The summed E-state index contributed by atoms with van der Waals surface area (Å²) < 4.78 is 5.95. The lowest BCUT2D eigenvalue weighted by molar-refractivity contribution is -0.116. The number of anilines is 1. The highest BCUT2D eigenvalue weighted by Gasteiger charge is 2.32. The lowest BCUT2D eigenvalue weighted by Gasteiger charge is -2.27. The highest BCUT2D eigenvalue weighted by Crippen LogP contribution is 2.44. The Morgan fingerprint density at radius 2 is 1.50 bits per heavy atom. The van der Waals surface area contributed by atoms with Crippen LogP contribution < -0.4 is 10.1 Å². The zero-order valence-corrected chi connectivity index (χ0v) is 13.8. The Balaban J connectivity index is 1.55. The topological polar surface area (TPSA) is 67.0 Å². The lowest BCUT2D eigenvalue weighted by atomic mass is 9.87. The fraction of sp³-hybridized carbons (Fsp3) is 0.0476. The van der Waals surface area contributed by atoms with E-state index in [4.69, 9.17) is 4.74 Å². The van der Waals surface area contributed by atoms with Crippen LogP contribution >= 0.6 is 0 Å². The van der Waals surface area contributed by atoms with E-state index in [-0.39, 0.29) is 5.91 Å². The fourth-order valence-corrected chi connectivity index (χ4v) is 3.39. The predicted octanol–water partition coefficient (Wildman–Crippen LogP) is 4.44. The van der Waals surface area contributed by atoms with Gasteiger partial charge in [0.15, 0.2) is 0 Å². The van der Waals surface area contributed by atoms with Crippen molar-refractivity contribution in [3.05, 3.63) is 83.9 Å². The highest BCUT2D eigenvalue weighted by molar-refractivity contribution is 5.99. The van der Waals surface area contributed by atoms with Gasteiger partial charge in [-0.3, -0.25) is 10.1 Å². The second-order valence-corrected chi connectivity index (χ2v) is 6.20. The molecule has 1 amide bonds. The number of amides is 1. The first-order valence-corrected chi connectivity index (χ1v) is 8.41. The third kappa shape index (κ3) is 2.33. The van der Waals surface area contributed by atoms with Gasteiger partial charge in [-0.25, -0.2) is 4.98 Å². The van der Waals surface area contributed by atoms with Gasteiger partial charge in [0.2, 0.25) is 11.9 Å². The molecule has 0 radical (unpaired) electrons. The van der Waals surface area contributed by atoms with Crippen LogP contribution in [0.15, 0.2) is 72.8 Å². The minimum Gasteiger partial charge on any atom is -0.457 e. The molecular formula is C21H15N3O2. The predicted molar refractivity (Wildman–Crippen MR) is 99.5 cm³/mol. The summed E-state index contributed by atoms with van der Waals surface area (Å²) in [7, 11) is 0. The maximum absolute atomic E-state index is 13.1. The molecule has 0 unspecified atom stereocenters. The Hall–Kier alpha value is -3.60. The third-order valence-corrected chi connectivity index (χ3v) is 4.57. The Morgan fingerprint density at radius 3 is 2.19 bits per heavy atom. The molecule has 2 heterocycles. The average molecular weight is 341 g/mol. The molecule has 26 heavy (non-hydrogen) atoms. The number of benzene rings is 3. The van der Waals surface area contributed by atoms with E-state index in [0.717, 1.165) is 22.2 Å². The van der Waals surface area contributed by atoms with E-state index < -0.39 is 5.92 Å². The normalized spacial score (nSPS) is 12.9. The summed E-state index contributed by atoms with van der Waals surface area (Å²) in [5, 5.41) is 2.92. The first-order valence-electron chi connectivity index (χ1n) is 8.41. The van der Waals surface area contributed by atoms with Gasteiger partial charge < -0.3 is 9.72 Å².